The van der Waals surface area contributed by atoms with Gasteiger partial charge in [0.1, 0.15) is 25.4 Å². The molecule has 3 rings (SSSR count). The molecular formula is C23H33N3O7S. The van der Waals surface area contributed by atoms with Gasteiger partial charge in [-0.1, -0.05) is 17.7 Å². The maximum Gasteiger partial charge on any atom is 0.407 e. The third-order valence-electron chi connectivity index (χ3n) is 4.72. The Balaban J connectivity index is 0.000000698. The van der Waals surface area contributed by atoms with E-state index in [2.05, 4.69) is 12.2 Å². The van der Waals surface area contributed by atoms with Crippen LogP contribution in [0.15, 0.2) is 35.7 Å². The number of hydrogen-bond donors (Lipinski definition) is 2. The van der Waals surface area contributed by atoms with Gasteiger partial charge in [0.25, 0.3) is 5.91 Å². The number of hydroxylamine groups is 2. The van der Waals surface area contributed by atoms with Crippen molar-refractivity contribution in [3.05, 3.63) is 51.7 Å². The Morgan fingerprint density at radius 2 is 1.79 bits per heavy atom. The molecule has 1 aromatic carbocycles. The van der Waals surface area contributed by atoms with Gasteiger partial charge in [0.2, 0.25) is 0 Å². The van der Waals surface area contributed by atoms with Gasteiger partial charge in [0, 0.05) is 20.1 Å². The molecule has 1 aliphatic heterocycles. The molecule has 0 aliphatic carbocycles. The van der Waals surface area contributed by atoms with Crippen molar-refractivity contribution in [2.45, 2.75) is 32.5 Å². The van der Waals surface area contributed by atoms with Gasteiger partial charge in [-0.25, -0.2) is 9.86 Å². The Morgan fingerprint density at radius 1 is 1.21 bits per heavy atom. The highest BCUT2D eigenvalue weighted by Crippen LogP contribution is 2.37. The number of fused-ring (bicyclic) bond motifs is 1. The summed E-state index contributed by atoms with van der Waals surface area (Å²) in [6.45, 7) is 8.47. The highest BCUT2D eigenvalue weighted by atomic mass is 32.1. The second-order valence-corrected chi connectivity index (χ2v) is 7.76. The van der Waals surface area contributed by atoms with E-state index in [1.54, 1.807) is 26.0 Å². The Morgan fingerprint density at radius 3 is 2.29 bits per heavy atom. The summed E-state index contributed by atoms with van der Waals surface area (Å²) in [6, 6.07) is 9.18. The fourth-order valence-corrected chi connectivity index (χ4v) is 4.04. The molecule has 2 aromatic rings. The lowest BCUT2D eigenvalue weighted by Crippen LogP contribution is -2.52. The van der Waals surface area contributed by atoms with Crippen molar-refractivity contribution in [3.63, 3.8) is 0 Å². The highest BCUT2D eigenvalue weighted by Gasteiger charge is 2.43. The third kappa shape index (κ3) is 8.58. The minimum Gasteiger partial charge on any atom is -0.497 e. The Bertz CT molecular complexity index is 874. The van der Waals surface area contributed by atoms with Crippen LogP contribution in [0, 0.1) is 6.92 Å². The number of ether oxygens (including phenoxy) is 2. The van der Waals surface area contributed by atoms with Gasteiger partial charge in [-0.2, -0.15) is 0 Å². The summed E-state index contributed by atoms with van der Waals surface area (Å²) in [5.74, 6) is 0.438. The third-order valence-corrected chi connectivity index (χ3v) is 5.74. The van der Waals surface area contributed by atoms with Gasteiger partial charge in [0.15, 0.2) is 6.10 Å². The number of rotatable bonds is 4. The number of nitrogens with zero attached hydrogens (tertiary/aromatic N) is 2. The SMILES string of the molecule is C=O.C=O.CCN(O)C(=O)C1C(OC(=O)NC)c2sccc2CN1C.COc1ccc(C)cc1. The van der Waals surface area contributed by atoms with Crippen molar-refractivity contribution in [3.8, 4) is 5.75 Å². The van der Waals surface area contributed by atoms with Crippen LogP contribution in [0.4, 0.5) is 4.79 Å². The zero-order valence-electron chi connectivity index (χ0n) is 20.1. The second kappa shape index (κ2) is 16.4. The van der Waals surface area contributed by atoms with Crippen molar-refractivity contribution in [2.24, 2.45) is 0 Å². The molecule has 2 heterocycles. The topological polar surface area (TPSA) is 125 Å². The zero-order chi connectivity index (χ0) is 26.3. The molecule has 0 radical (unpaired) electrons. The van der Waals surface area contributed by atoms with Crippen molar-refractivity contribution in [1.82, 2.24) is 15.3 Å². The Hall–Kier alpha value is -3.28. The minimum absolute atomic E-state index is 0.174. The molecule has 0 saturated carbocycles. The first kappa shape index (κ1) is 30.7. The molecule has 2 N–H and O–H groups in total. The Kier molecular flexibility index (Phi) is 14.8. The summed E-state index contributed by atoms with van der Waals surface area (Å²) in [5.41, 5.74) is 2.29. The van der Waals surface area contributed by atoms with E-state index in [0.29, 0.717) is 11.6 Å². The summed E-state index contributed by atoms with van der Waals surface area (Å²) in [5, 5.41) is 14.7. The molecule has 34 heavy (non-hydrogen) atoms. The molecule has 11 heteroatoms. The normalized spacial score (nSPS) is 15.9. The average Bonchev–Trinajstić information content (AvgIpc) is 3.34. The summed E-state index contributed by atoms with van der Waals surface area (Å²) in [6.07, 6.45) is -1.33. The number of benzene rings is 1. The number of thiophene rings is 1. The summed E-state index contributed by atoms with van der Waals surface area (Å²) < 4.78 is 10.4. The van der Waals surface area contributed by atoms with Crippen molar-refractivity contribution in [1.29, 1.82) is 0 Å². The van der Waals surface area contributed by atoms with Crippen LogP contribution in [0.1, 0.15) is 29.0 Å². The van der Waals surface area contributed by atoms with Crippen LogP contribution in [0.2, 0.25) is 0 Å². The highest BCUT2D eigenvalue weighted by molar-refractivity contribution is 7.10. The van der Waals surface area contributed by atoms with Crippen LogP contribution in [0.25, 0.3) is 0 Å². The van der Waals surface area contributed by atoms with Crippen molar-refractivity contribution >= 4 is 36.9 Å². The quantitative estimate of drug-likeness (QED) is 0.490. The maximum absolute atomic E-state index is 12.4. The van der Waals surface area contributed by atoms with Crippen LogP contribution in [0.5, 0.6) is 5.75 Å². The van der Waals surface area contributed by atoms with Gasteiger partial charge in [0.05, 0.1) is 12.0 Å². The zero-order valence-corrected chi connectivity index (χ0v) is 21.0. The summed E-state index contributed by atoms with van der Waals surface area (Å²) in [4.78, 5) is 42.6. The van der Waals surface area contributed by atoms with E-state index in [1.807, 2.05) is 49.3 Å². The number of carbonyl (C=O) groups is 4. The van der Waals surface area contributed by atoms with Gasteiger partial charge in [-0.3, -0.25) is 14.9 Å². The number of amides is 2. The lowest BCUT2D eigenvalue weighted by atomic mass is 9.98. The largest absolute Gasteiger partial charge is 0.497 e. The van der Waals surface area contributed by atoms with E-state index in [-0.39, 0.29) is 6.54 Å². The van der Waals surface area contributed by atoms with Gasteiger partial charge < -0.3 is 24.4 Å². The molecule has 0 bridgehead atoms. The number of aryl methyl sites for hydroxylation is 1. The summed E-state index contributed by atoms with van der Waals surface area (Å²) in [7, 11) is 4.91. The van der Waals surface area contributed by atoms with E-state index in [4.69, 9.17) is 19.1 Å². The molecular weight excluding hydrogens is 462 g/mol. The van der Waals surface area contributed by atoms with Gasteiger partial charge >= 0.3 is 6.09 Å². The standard InChI is InChI=1S/C13H19N3O4S.C8H10O.2CH2O/c1-4-16(19)12(17)9-10(20-13(18)14-2)11-8(5-6-21-11)7-15(9)3;1-7-3-5-8(9-2)6-4-7;2*1-2/h5-6,9-10,19H,4,7H2,1-3H3,(H,14,18);3-6H,1-2H3;2*1H2. The van der Waals surface area contributed by atoms with Crippen molar-refractivity contribution < 1.29 is 33.9 Å². The van der Waals surface area contributed by atoms with E-state index in [9.17, 15) is 14.8 Å². The number of nitrogens with one attached hydrogen (secondary N) is 1. The van der Waals surface area contributed by atoms with Gasteiger partial charge in [-0.05, 0) is 50.0 Å². The molecule has 10 nitrogen and oxygen atoms in total. The van der Waals surface area contributed by atoms with E-state index in [1.165, 1.54) is 23.9 Å². The fourth-order valence-electron chi connectivity index (χ4n) is 3.06. The first-order valence-corrected chi connectivity index (χ1v) is 11.0. The van der Waals surface area contributed by atoms with Gasteiger partial charge in [-0.15, -0.1) is 11.3 Å². The number of carbonyl (C=O) groups excluding carboxylic acids is 4. The number of methoxy groups -OCH3 is 1. The summed E-state index contributed by atoms with van der Waals surface area (Å²) >= 11 is 1.44. The average molecular weight is 496 g/mol. The van der Waals surface area contributed by atoms with Crippen LogP contribution in [-0.2, 0) is 25.7 Å². The van der Waals surface area contributed by atoms with E-state index in [0.717, 1.165) is 16.2 Å². The predicted molar refractivity (Wildman–Crippen MR) is 129 cm³/mol. The smallest absolute Gasteiger partial charge is 0.407 e. The van der Waals surface area contributed by atoms with Crippen molar-refractivity contribution in [2.75, 3.05) is 27.7 Å². The number of hydrogen-bond acceptors (Lipinski definition) is 9. The monoisotopic (exact) mass is 495 g/mol. The lowest BCUT2D eigenvalue weighted by molar-refractivity contribution is -0.175. The lowest BCUT2D eigenvalue weighted by Gasteiger charge is -2.38. The fraction of sp³-hybridized carbons (Fsp3) is 0.391. The molecule has 1 aromatic heterocycles. The number of alkyl carbamates (subject to hydrolysis) is 1. The predicted octanol–water partition coefficient (Wildman–Crippen LogP) is 2.83. The molecule has 1 aliphatic rings. The van der Waals surface area contributed by atoms with Crippen LogP contribution in [0.3, 0.4) is 0 Å². The van der Waals surface area contributed by atoms with E-state index < -0.39 is 24.1 Å². The molecule has 0 saturated heterocycles. The first-order chi connectivity index (χ1) is 16.3. The van der Waals surface area contributed by atoms with Crippen LogP contribution < -0.4 is 10.1 Å². The molecule has 2 unspecified atom stereocenters. The van der Waals surface area contributed by atoms with Crippen LogP contribution in [-0.4, -0.2) is 74.5 Å². The second-order valence-electron chi connectivity index (χ2n) is 6.82. The number of likely N-dealkylation sites (N-methyl/N-ethyl adjacent to an activating group) is 2. The van der Waals surface area contributed by atoms with E-state index >= 15 is 0 Å². The maximum atomic E-state index is 12.4. The van der Waals surface area contributed by atoms with Crippen LogP contribution >= 0.6 is 11.3 Å². The Labute approximate surface area is 204 Å². The minimum atomic E-state index is -0.738. The molecule has 0 spiro atoms. The molecule has 2 amide bonds. The molecule has 0 fully saturated rings. The first-order valence-electron chi connectivity index (χ1n) is 10.2. The molecule has 188 valence electrons. The molecule has 2 atom stereocenters.